The Morgan fingerprint density at radius 1 is 1.09 bits per heavy atom. The fourth-order valence-electron chi connectivity index (χ4n) is 0.947. The van der Waals surface area contributed by atoms with Crippen molar-refractivity contribution in [2.24, 2.45) is 0 Å². The summed E-state index contributed by atoms with van der Waals surface area (Å²) in [5.74, 6) is 0. The van der Waals surface area contributed by atoms with Crippen LogP contribution in [0.2, 0.25) is 0 Å². The van der Waals surface area contributed by atoms with Gasteiger partial charge in [0.2, 0.25) is 0 Å². The Kier molecular flexibility index (Phi) is 2.68. The third kappa shape index (κ3) is 1.82. The Bertz CT molecular complexity index is 248. The van der Waals surface area contributed by atoms with Crippen LogP contribution in [0.25, 0.3) is 0 Å². The maximum atomic E-state index is 8.81. The van der Waals surface area contributed by atoms with E-state index in [2.05, 4.69) is 0 Å². The Balaban J connectivity index is 3.06. The molecule has 0 unspecified atom stereocenters. The van der Waals surface area contributed by atoms with Gasteiger partial charge in [0.05, 0.1) is 13.2 Å². The van der Waals surface area contributed by atoms with Crippen molar-refractivity contribution >= 4 is 13.3 Å². The predicted molar refractivity (Wildman–Crippen MR) is 43.7 cm³/mol. The second kappa shape index (κ2) is 3.55. The molecule has 0 fully saturated rings. The Morgan fingerprint density at radius 3 is 2.27 bits per heavy atom. The van der Waals surface area contributed by atoms with Gasteiger partial charge in [0.15, 0.2) is 0 Å². The lowest BCUT2D eigenvalue weighted by Gasteiger charge is -2.04. The third-order valence-electron chi connectivity index (χ3n) is 1.57. The van der Waals surface area contributed by atoms with Gasteiger partial charge >= 0.3 is 0 Å². The zero-order valence-electron chi connectivity index (χ0n) is 6.12. The third-order valence-corrected chi connectivity index (χ3v) is 1.57. The second-order valence-electron chi connectivity index (χ2n) is 2.34. The highest BCUT2D eigenvalue weighted by molar-refractivity contribution is 6.32. The highest BCUT2D eigenvalue weighted by atomic mass is 16.3. The van der Waals surface area contributed by atoms with E-state index in [0.717, 1.165) is 5.56 Å². The smallest absolute Gasteiger partial charge is 0.113 e. The molecule has 1 aromatic rings. The van der Waals surface area contributed by atoms with Gasteiger partial charge in [-0.3, -0.25) is 0 Å². The molecule has 1 rings (SSSR count). The molecule has 0 amide bonds. The number of aliphatic hydroxyl groups is 2. The number of hydrogen-bond acceptors (Lipinski definition) is 2. The van der Waals surface area contributed by atoms with Gasteiger partial charge in [-0.25, -0.2) is 0 Å². The van der Waals surface area contributed by atoms with Crippen LogP contribution in [-0.2, 0) is 13.2 Å². The standard InChI is InChI=1S/C8H9BO2/c9-8-2-1-6(4-10)7(3-8)5-11/h1-3,10-11H,4-5H2. The van der Waals surface area contributed by atoms with E-state index in [9.17, 15) is 0 Å². The molecule has 0 saturated heterocycles. The van der Waals surface area contributed by atoms with Gasteiger partial charge in [-0.1, -0.05) is 23.7 Å². The highest BCUT2D eigenvalue weighted by Gasteiger charge is 1.98. The fourth-order valence-corrected chi connectivity index (χ4v) is 0.947. The van der Waals surface area contributed by atoms with Gasteiger partial charge in [-0.2, -0.15) is 0 Å². The molecule has 0 aliphatic heterocycles. The largest absolute Gasteiger partial charge is 0.392 e. The molecule has 2 radical (unpaired) electrons. The van der Waals surface area contributed by atoms with Crippen molar-refractivity contribution in [1.29, 1.82) is 0 Å². The first-order valence-corrected chi connectivity index (χ1v) is 3.37. The van der Waals surface area contributed by atoms with Crippen molar-refractivity contribution in [2.45, 2.75) is 13.2 Å². The minimum absolute atomic E-state index is 0.0594. The summed E-state index contributed by atoms with van der Waals surface area (Å²) in [6.07, 6.45) is 0. The maximum Gasteiger partial charge on any atom is 0.113 e. The summed E-state index contributed by atoms with van der Waals surface area (Å²) in [6, 6.07) is 5.07. The van der Waals surface area contributed by atoms with Gasteiger partial charge in [0.1, 0.15) is 7.85 Å². The Hall–Kier alpha value is -0.795. The lowest BCUT2D eigenvalue weighted by atomic mass is 9.92. The number of aliphatic hydroxyl groups excluding tert-OH is 2. The molecule has 0 aliphatic carbocycles. The molecule has 0 atom stereocenters. The van der Waals surface area contributed by atoms with Crippen LogP contribution >= 0.6 is 0 Å². The highest BCUT2D eigenvalue weighted by Crippen LogP contribution is 2.05. The van der Waals surface area contributed by atoms with Crippen LogP contribution in [0, 0.1) is 0 Å². The summed E-state index contributed by atoms with van der Waals surface area (Å²) >= 11 is 0. The van der Waals surface area contributed by atoms with E-state index < -0.39 is 0 Å². The zero-order chi connectivity index (χ0) is 8.27. The summed E-state index contributed by atoms with van der Waals surface area (Å²) < 4.78 is 0. The molecule has 3 heteroatoms. The van der Waals surface area contributed by atoms with Crippen molar-refractivity contribution in [3.63, 3.8) is 0 Å². The van der Waals surface area contributed by atoms with E-state index in [0.29, 0.717) is 11.0 Å². The quantitative estimate of drug-likeness (QED) is 0.553. The van der Waals surface area contributed by atoms with Crippen LogP contribution < -0.4 is 5.46 Å². The van der Waals surface area contributed by atoms with E-state index in [1.807, 2.05) is 0 Å². The zero-order valence-corrected chi connectivity index (χ0v) is 6.12. The van der Waals surface area contributed by atoms with Crippen molar-refractivity contribution in [3.05, 3.63) is 29.3 Å². The van der Waals surface area contributed by atoms with E-state index in [-0.39, 0.29) is 13.2 Å². The predicted octanol–water partition coefficient (Wildman–Crippen LogP) is -0.535. The van der Waals surface area contributed by atoms with Crippen molar-refractivity contribution in [2.75, 3.05) is 0 Å². The first-order valence-electron chi connectivity index (χ1n) is 3.37. The number of hydrogen-bond donors (Lipinski definition) is 2. The molecule has 2 nitrogen and oxygen atoms in total. The molecule has 1 aromatic carbocycles. The molecule has 0 saturated carbocycles. The fraction of sp³-hybridized carbons (Fsp3) is 0.250. The summed E-state index contributed by atoms with van der Waals surface area (Å²) in [5.41, 5.74) is 2.01. The minimum atomic E-state index is -0.0824. The molecule has 0 heterocycles. The van der Waals surface area contributed by atoms with Gasteiger partial charge in [-0.05, 0) is 11.1 Å². The Labute approximate surface area is 66.9 Å². The average Bonchev–Trinajstić information content (AvgIpc) is 2.04. The molecule has 0 aromatic heterocycles. The second-order valence-corrected chi connectivity index (χ2v) is 2.34. The normalized spacial score (nSPS) is 10.0. The molecule has 0 aliphatic rings. The molecular formula is C8H9BO2. The van der Waals surface area contributed by atoms with Crippen molar-refractivity contribution in [1.82, 2.24) is 0 Å². The maximum absolute atomic E-state index is 8.81. The summed E-state index contributed by atoms with van der Waals surface area (Å²) in [6.45, 7) is -0.142. The minimum Gasteiger partial charge on any atom is -0.392 e. The van der Waals surface area contributed by atoms with Gasteiger partial charge in [0.25, 0.3) is 0 Å². The Morgan fingerprint density at radius 2 is 1.73 bits per heavy atom. The first kappa shape index (κ1) is 8.30. The average molecular weight is 148 g/mol. The SMILES string of the molecule is [B]c1ccc(CO)c(CO)c1. The lowest BCUT2D eigenvalue weighted by Crippen LogP contribution is -2.05. The van der Waals surface area contributed by atoms with Crippen LogP contribution in [0.15, 0.2) is 18.2 Å². The van der Waals surface area contributed by atoms with Gasteiger partial charge < -0.3 is 10.2 Å². The molecule has 56 valence electrons. The summed E-state index contributed by atoms with van der Waals surface area (Å²) in [7, 11) is 5.47. The van der Waals surface area contributed by atoms with Gasteiger partial charge in [-0.15, -0.1) is 0 Å². The number of benzene rings is 1. The van der Waals surface area contributed by atoms with Crippen LogP contribution in [-0.4, -0.2) is 18.1 Å². The first-order chi connectivity index (χ1) is 5.27. The van der Waals surface area contributed by atoms with Crippen LogP contribution in [0.5, 0.6) is 0 Å². The summed E-state index contributed by atoms with van der Waals surface area (Å²) in [4.78, 5) is 0. The van der Waals surface area contributed by atoms with E-state index in [4.69, 9.17) is 18.1 Å². The van der Waals surface area contributed by atoms with E-state index in [1.54, 1.807) is 18.2 Å². The topological polar surface area (TPSA) is 40.5 Å². The van der Waals surface area contributed by atoms with Crippen LogP contribution in [0.3, 0.4) is 0 Å². The van der Waals surface area contributed by atoms with Crippen molar-refractivity contribution in [3.8, 4) is 0 Å². The lowest BCUT2D eigenvalue weighted by molar-refractivity contribution is 0.260. The monoisotopic (exact) mass is 148 g/mol. The molecular weight excluding hydrogens is 139 g/mol. The van der Waals surface area contributed by atoms with E-state index in [1.165, 1.54) is 0 Å². The molecule has 0 spiro atoms. The molecule has 0 bridgehead atoms. The van der Waals surface area contributed by atoms with Crippen molar-refractivity contribution < 1.29 is 10.2 Å². The number of rotatable bonds is 2. The van der Waals surface area contributed by atoms with Crippen LogP contribution in [0.4, 0.5) is 0 Å². The van der Waals surface area contributed by atoms with E-state index >= 15 is 0 Å². The summed E-state index contributed by atoms with van der Waals surface area (Å²) in [5, 5.41) is 17.6. The molecule has 2 N–H and O–H groups in total. The van der Waals surface area contributed by atoms with Gasteiger partial charge in [0, 0.05) is 0 Å². The molecule has 11 heavy (non-hydrogen) atoms. The van der Waals surface area contributed by atoms with Crippen LogP contribution in [0.1, 0.15) is 11.1 Å².